The Morgan fingerprint density at radius 3 is 2.46 bits per heavy atom. The largest absolute Gasteiger partial charge is 0.445 e. The number of hydrogen-bond donors (Lipinski definition) is 1. The third kappa shape index (κ3) is 9.95. The van der Waals surface area contributed by atoms with Gasteiger partial charge in [-0.05, 0) is 33.3 Å². The number of benzene rings is 1. The summed E-state index contributed by atoms with van der Waals surface area (Å²) < 4.78 is 33.7. The highest BCUT2D eigenvalue weighted by atomic mass is 31.2. The molecule has 1 amide bonds. The van der Waals surface area contributed by atoms with Gasteiger partial charge in [0.2, 0.25) is 0 Å². The van der Waals surface area contributed by atoms with Crippen LogP contribution in [0.2, 0.25) is 0 Å². The Bertz CT molecular complexity index is 1490. The molecule has 16 heteroatoms. The molecular formula is C32H45N6O9P. The average Bonchev–Trinajstić information content (AvgIpc) is 3.40. The number of oxime groups is 1. The van der Waals surface area contributed by atoms with Crippen molar-refractivity contribution in [3.8, 4) is 6.07 Å². The molecule has 5 atom stereocenters. The van der Waals surface area contributed by atoms with Crippen LogP contribution in [0.5, 0.6) is 0 Å². The SMILES string of the molecule is COC1C(OP(OCCC#N)N(C(C)C)C(C)C)[C@@H](CON=C2CCN(C(=O)OCc3ccccc3)CC2)O[C@H]1n1ccc(=O)[nH]c1=O. The van der Waals surface area contributed by atoms with Crippen LogP contribution in [0.3, 0.4) is 0 Å². The molecule has 3 heterocycles. The minimum absolute atomic E-state index is 0.0433. The van der Waals surface area contributed by atoms with E-state index in [0.717, 1.165) is 11.3 Å². The zero-order valence-corrected chi connectivity index (χ0v) is 28.9. The van der Waals surface area contributed by atoms with Crippen molar-refractivity contribution < 1.29 is 32.9 Å². The topological polar surface area (TPSA) is 170 Å². The lowest BCUT2D eigenvalue weighted by Crippen LogP contribution is -2.42. The molecule has 48 heavy (non-hydrogen) atoms. The molecule has 15 nitrogen and oxygen atoms in total. The summed E-state index contributed by atoms with van der Waals surface area (Å²) in [6.45, 7) is 9.31. The average molecular weight is 689 g/mol. The number of carbonyl (C=O) groups is 1. The number of likely N-dealkylation sites (tertiary alicyclic amines) is 1. The zero-order chi connectivity index (χ0) is 34.6. The second-order valence-corrected chi connectivity index (χ2v) is 13.3. The lowest BCUT2D eigenvalue weighted by molar-refractivity contribution is -0.0717. The van der Waals surface area contributed by atoms with E-state index in [1.54, 1.807) is 4.90 Å². The van der Waals surface area contributed by atoms with Gasteiger partial charge in [-0.3, -0.25) is 14.3 Å². The smallest absolute Gasteiger partial charge is 0.410 e. The molecule has 2 aromatic rings. The van der Waals surface area contributed by atoms with E-state index in [-0.39, 0.29) is 44.4 Å². The molecule has 2 aliphatic heterocycles. The Kier molecular flexibility index (Phi) is 14.1. The van der Waals surface area contributed by atoms with E-state index >= 15 is 0 Å². The number of H-pyrrole nitrogens is 1. The fourth-order valence-electron chi connectivity index (χ4n) is 5.52. The van der Waals surface area contributed by atoms with Crippen LogP contribution < -0.4 is 11.2 Å². The van der Waals surface area contributed by atoms with Crippen LogP contribution in [0.25, 0.3) is 0 Å². The zero-order valence-electron chi connectivity index (χ0n) is 28.0. The van der Waals surface area contributed by atoms with Crippen molar-refractivity contribution >= 4 is 20.3 Å². The third-order valence-corrected chi connectivity index (χ3v) is 9.92. The Morgan fingerprint density at radius 2 is 1.83 bits per heavy atom. The number of nitrogens with zero attached hydrogens (tertiary/aromatic N) is 5. The van der Waals surface area contributed by atoms with E-state index < -0.39 is 44.3 Å². The fraction of sp³-hybridized carbons (Fsp3) is 0.594. The number of nitriles is 1. The molecule has 2 aliphatic rings. The molecule has 2 fully saturated rings. The van der Waals surface area contributed by atoms with Crippen molar-refractivity contribution in [3.63, 3.8) is 0 Å². The number of amides is 1. The number of hydrogen-bond acceptors (Lipinski definition) is 12. The van der Waals surface area contributed by atoms with E-state index in [1.165, 1.54) is 23.9 Å². The summed E-state index contributed by atoms with van der Waals surface area (Å²) in [5.74, 6) is 0. The second kappa shape index (κ2) is 18.2. The first-order chi connectivity index (χ1) is 23.1. The van der Waals surface area contributed by atoms with Gasteiger partial charge >= 0.3 is 11.8 Å². The molecule has 0 aliphatic carbocycles. The van der Waals surface area contributed by atoms with Crippen LogP contribution in [0.1, 0.15) is 58.7 Å². The van der Waals surface area contributed by atoms with Crippen LogP contribution >= 0.6 is 8.53 Å². The van der Waals surface area contributed by atoms with Crippen molar-refractivity contribution in [3.05, 3.63) is 69.0 Å². The van der Waals surface area contributed by atoms with Crippen molar-refractivity contribution in [1.82, 2.24) is 19.1 Å². The number of nitrogens with one attached hydrogen (secondary N) is 1. The summed E-state index contributed by atoms with van der Waals surface area (Å²) >= 11 is 0. The maximum atomic E-state index is 12.8. The summed E-state index contributed by atoms with van der Waals surface area (Å²) in [6.07, 6.45) is -1.13. The molecule has 0 spiro atoms. The van der Waals surface area contributed by atoms with E-state index in [2.05, 4.69) is 20.9 Å². The predicted molar refractivity (Wildman–Crippen MR) is 177 cm³/mol. The van der Waals surface area contributed by atoms with Gasteiger partial charge in [0.1, 0.15) is 31.5 Å². The van der Waals surface area contributed by atoms with Gasteiger partial charge in [0.15, 0.2) is 6.23 Å². The Labute approximate surface area is 281 Å². The Balaban J connectivity index is 1.46. The Hall–Kier alpha value is -3.64. The van der Waals surface area contributed by atoms with Gasteiger partial charge < -0.3 is 33.0 Å². The van der Waals surface area contributed by atoms with Crippen molar-refractivity contribution in [2.24, 2.45) is 5.16 Å². The lowest BCUT2D eigenvalue weighted by atomic mass is 10.1. The third-order valence-electron chi connectivity index (χ3n) is 7.79. The minimum atomic E-state index is -1.71. The van der Waals surface area contributed by atoms with Crippen LogP contribution in [0, 0.1) is 11.3 Å². The number of ether oxygens (including phenoxy) is 3. The number of carbonyl (C=O) groups excluding carboxylic acids is 1. The molecule has 0 radical (unpaired) electrons. The molecule has 262 valence electrons. The maximum Gasteiger partial charge on any atom is 0.410 e. The van der Waals surface area contributed by atoms with Gasteiger partial charge in [0.05, 0.1) is 24.8 Å². The highest BCUT2D eigenvalue weighted by molar-refractivity contribution is 7.44. The summed E-state index contributed by atoms with van der Waals surface area (Å²) in [6, 6.07) is 12.9. The minimum Gasteiger partial charge on any atom is -0.445 e. The number of aromatic nitrogens is 2. The van der Waals surface area contributed by atoms with Crippen molar-refractivity contribution in [2.75, 3.05) is 33.4 Å². The molecule has 0 bridgehead atoms. The fourth-order valence-corrected chi connectivity index (χ4v) is 7.29. The lowest BCUT2D eigenvalue weighted by Gasteiger charge is -2.38. The quantitative estimate of drug-likeness (QED) is 0.164. The predicted octanol–water partition coefficient (Wildman–Crippen LogP) is 3.92. The summed E-state index contributed by atoms with van der Waals surface area (Å²) in [5, 5.41) is 13.5. The van der Waals surface area contributed by atoms with Crippen LogP contribution in [-0.2, 0) is 34.7 Å². The number of rotatable bonds is 15. The number of piperidine rings is 1. The van der Waals surface area contributed by atoms with Crippen LogP contribution in [0.15, 0.2) is 57.3 Å². The second-order valence-electron chi connectivity index (χ2n) is 11.9. The first-order valence-corrected chi connectivity index (χ1v) is 17.1. The van der Waals surface area contributed by atoms with E-state index in [4.69, 9.17) is 33.4 Å². The molecule has 1 aromatic heterocycles. The van der Waals surface area contributed by atoms with Crippen LogP contribution in [-0.4, -0.2) is 94.7 Å². The van der Waals surface area contributed by atoms with Gasteiger partial charge in [-0.25, -0.2) is 14.3 Å². The van der Waals surface area contributed by atoms with Crippen molar-refractivity contribution in [2.45, 2.75) is 90.2 Å². The molecular weight excluding hydrogens is 643 g/mol. The molecule has 1 aromatic carbocycles. The van der Waals surface area contributed by atoms with Gasteiger partial charge in [0.25, 0.3) is 14.1 Å². The maximum absolute atomic E-state index is 12.8. The first kappa shape index (κ1) is 37.2. The number of methoxy groups -OCH3 is 1. The van der Waals surface area contributed by atoms with E-state index in [1.807, 2.05) is 58.0 Å². The highest BCUT2D eigenvalue weighted by Gasteiger charge is 2.50. The van der Waals surface area contributed by atoms with Gasteiger partial charge in [0, 0.05) is 57.4 Å². The summed E-state index contributed by atoms with van der Waals surface area (Å²) in [7, 11) is -0.222. The molecule has 0 saturated carbocycles. The molecule has 4 rings (SSSR count). The van der Waals surface area contributed by atoms with Gasteiger partial charge in [-0.2, -0.15) is 5.26 Å². The highest BCUT2D eigenvalue weighted by Crippen LogP contribution is 2.50. The first-order valence-electron chi connectivity index (χ1n) is 16.0. The molecule has 2 saturated heterocycles. The Morgan fingerprint density at radius 1 is 1.12 bits per heavy atom. The van der Waals surface area contributed by atoms with Gasteiger partial charge in [-0.15, -0.1) is 0 Å². The molecule has 1 N–H and O–H groups in total. The van der Waals surface area contributed by atoms with Crippen molar-refractivity contribution in [1.29, 1.82) is 5.26 Å². The van der Waals surface area contributed by atoms with Gasteiger partial charge in [-0.1, -0.05) is 35.5 Å². The standard InChI is InChI=1S/C32H45N6O9P/c1-22(2)38(23(3)4)48(45-19-9-15-33)47-28-26(46-30(29(28)42-5)37-18-14-27(39)34-31(37)40)21-44-35-25-12-16-36(17-13-25)32(41)43-20-24-10-7-6-8-11-24/h6-8,10-11,14,18,22-23,26,28-30H,9,12-13,16-17,19-21H2,1-5H3,(H,34,39,40)/t26-,28?,29?,30-,48?/m1/s1. The molecule has 3 unspecified atom stereocenters. The van der Waals surface area contributed by atoms with Crippen LogP contribution in [0.4, 0.5) is 4.79 Å². The van der Waals surface area contributed by atoms with E-state index in [9.17, 15) is 14.4 Å². The monoisotopic (exact) mass is 688 g/mol. The van der Waals surface area contributed by atoms with E-state index in [0.29, 0.717) is 25.9 Å². The summed E-state index contributed by atoms with van der Waals surface area (Å²) in [5.41, 5.74) is 0.492. The summed E-state index contributed by atoms with van der Waals surface area (Å²) in [4.78, 5) is 46.8. The normalized spacial score (nSPS) is 21.8. The number of aromatic amines is 1.